The number of halogens is 1. The Morgan fingerprint density at radius 3 is 1.37 bits per heavy atom. The fourth-order valence-corrected chi connectivity index (χ4v) is 6.58. The second kappa shape index (κ2) is 27.4. The van der Waals surface area contributed by atoms with Crippen LogP contribution in [0.25, 0.3) is 22.5 Å². The fourth-order valence-electron chi connectivity index (χ4n) is 6.41. The quantitative estimate of drug-likeness (QED) is 0.0874. The summed E-state index contributed by atoms with van der Waals surface area (Å²) in [7, 11) is 11.3. The van der Waals surface area contributed by atoms with Crippen LogP contribution in [0.3, 0.4) is 0 Å². The molecule has 0 spiro atoms. The molecule has 0 aliphatic rings. The average molecular weight is 971 g/mol. The molecule has 5 aromatic carbocycles. The van der Waals surface area contributed by atoms with E-state index in [2.05, 4.69) is 83.3 Å². The highest BCUT2D eigenvalue weighted by Gasteiger charge is 2.22. The predicted octanol–water partition coefficient (Wildman–Crippen LogP) is 11.1. The summed E-state index contributed by atoms with van der Waals surface area (Å²) in [6, 6.07) is 45.2. The Labute approximate surface area is 417 Å². The van der Waals surface area contributed by atoms with Gasteiger partial charge in [0.2, 0.25) is 0 Å². The van der Waals surface area contributed by atoms with Gasteiger partial charge in [0.25, 0.3) is 0 Å². The summed E-state index contributed by atoms with van der Waals surface area (Å²) < 4.78 is 36.1. The van der Waals surface area contributed by atoms with Crippen LogP contribution in [0.4, 0.5) is 5.82 Å². The summed E-state index contributed by atoms with van der Waals surface area (Å²) in [6.07, 6.45) is 0.462. The molecule has 3 N–H and O–H groups in total. The molecular weight excluding hydrogens is 906 g/mol. The van der Waals surface area contributed by atoms with Gasteiger partial charge in [0.05, 0.1) is 73.6 Å². The lowest BCUT2D eigenvalue weighted by Gasteiger charge is -2.26. The molecule has 70 heavy (non-hydrogen) atoms. The van der Waals surface area contributed by atoms with Crippen molar-refractivity contribution in [2.45, 2.75) is 44.9 Å². The van der Waals surface area contributed by atoms with Gasteiger partial charge in [-0.1, -0.05) is 100.0 Å². The molecule has 0 atom stereocenters. The van der Waals surface area contributed by atoms with Gasteiger partial charge in [-0.2, -0.15) is 25.2 Å². The van der Waals surface area contributed by atoms with Crippen LogP contribution in [0.5, 0.6) is 40.8 Å². The molecule has 0 aliphatic carbocycles. The third kappa shape index (κ3) is 16.9. The number of nitriles is 1. The lowest BCUT2D eigenvalue weighted by Crippen LogP contribution is -2.28. The van der Waals surface area contributed by atoms with E-state index in [1.165, 1.54) is 18.2 Å². The topological polar surface area (TPSA) is 178 Å². The molecule has 0 saturated heterocycles. The van der Waals surface area contributed by atoms with Gasteiger partial charge in [-0.15, -0.1) is 0 Å². The van der Waals surface area contributed by atoms with Gasteiger partial charge in [0.1, 0.15) is 39.7 Å². The third-order valence-corrected chi connectivity index (χ3v) is 11.1. The van der Waals surface area contributed by atoms with Crippen molar-refractivity contribution in [1.82, 2.24) is 19.9 Å². The molecule has 0 bridgehead atoms. The van der Waals surface area contributed by atoms with E-state index in [1.807, 2.05) is 103 Å². The van der Waals surface area contributed by atoms with Crippen molar-refractivity contribution < 1.29 is 33.2 Å². The van der Waals surface area contributed by atoms with Crippen LogP contribution in [-0.2, 0) is 17.3 Å². The van der Waals surface area contributed by atoms with Gasteiger partial charge in [0, 0.05) is 47.2 Å². The van der Waals surface area contributed by atoms with Gasteiger partial charge in [-0.3, -0.25) is 0 Å². The Morgan fingerprint density at radius 1 is 0.514 bits per heavy atom. The lowest BCUT2D eigenvalue weighted by molar-refractivity contribution is 0.380. The van der Waals surface area contributed by atoms with E-state index in [0.717, 1.165) is 51.1 Å². The van der Waals surface area contributed by atoms with Crippen LogP contribution in [0.15, 0.2) is 133 Å². The maximum absolute atomic E-state index is 8.36. The zero-order valence-electron chi connectivity index (χ0n) is 41.9. The van der Waals surface area contributed by atoms with Crippen molar-refractivity contribution in [1.29, 1.82) is 5.26 Å². The summed E-state index contributed by atoms with van der Waals surface area (Å²) in [6.45, 7) is 9.98. The smallest absolute Gasteiger partial charge is 0.318 e. The number of anilines is 1. The van der Waals surface area contributed by atoms with E-state index in [9.17, 15) is 0 Å². The van der Waals surface area contributed by atoms with E-state index in [1.54, 1.807) is 48.7 Å². The number of nitrogens with zero attached hydrogens (tertiary/aromatic N) is 5. The molecule has 0 fully saturated rings. The molecule has 368 valence electrons. The zero-order valence-corrected chi connectivity index (χ0v) is 42.6. The van der Waals surface area contributed by atoms with Crippen molar-refractivity contribution >= 4 is 17.4 Å². The summed E-state index contributed by atoms with van der Waals surface area (Å²) >= 11 is 5.89. The molecule has 0 saturated carbocycles. The zero-order chi connectivity index (χ0) is 51.1. The molecule has 7 rings (SSSR count). The number of hydrogen-bond donors (Lipinski definition) is 2. The van der Waals surface area contributed by atoms with Gasteiger partial charge < -0.3 is 44.2 Å². The first kappa shape index (κ1) is 55.0. The van der Waals surface area contributed by atoms with Gasteiger partial charge in [-0.25, -0.2) is 0 Å². The van der Waals surface area contributed by atoms with Crippen LogP contribution in [0.1, 0.15) is 44.4 Å². The second-order valence-corrected chi connectivity index (χ2v) is 17.0. The van der Waals surface area contributed by atoms with Crippen molar-refractivity contribution in [2.24, 2.45) is 5.73 Å². The molecule has 14 nitrogen and oxygen atoms in total. The minimum absolute atomic E-state index is 0.0479. The summed E-state index contributed by atoms with van der Waals surface area (Å²) in [5.41, 5.74) is 12.4. The van der Waals surface area contributed by atoms with Crippen molar-refractivity contribution in [3.8, 4) is 69.4 Å². The minimum atomic E-state index is -0.111. The van der Waals surface area contributed by atoms with E-state index >= 15 is 0 Å². The highest BCUT2D eigenvalue weighted by molar-refractivity contribution is 6.29. The lowest BCUT2D eigenvalue weighted by atomic mass is 9.84. The number of nitrogens with one attached hydrogen (secondary N) is 1. The molecule has 2 heterocycles. The largest absolute Gasteiger partial charge is 0.497 e. The first-order valence-electron chi connectivity index (χ1n) is 22.2. The molecule has 0 amide bonds. The Morgan fingerprint density at radius 2 is 0.943 bits per heavy atom. The molecule has 0 radical (unpaired) electrons. The maximum Gasteiger partial charge on any atom is 0.318 e. The summed E-state index contributed by atoms with van der Waals surface area (Å²) in [5, 5.41) is 12.1. The first-order chi connectivity index (χ1) is 33.6. The third-order valence-electron chi connectivity index (χ3n) is 10.9. The average Bonchev–Trinajstić information content (AvgIpc) is 3.40. The number of ether oxygens (including phenoxy) is 7. The van der Waals surface area contributed by atoms with Crippen LogP contribution < -0.4 is 44.2 Å². The number of aromatic nitrogens is 4. The van der Waals surface area contributed by atoms with Crippen molar-refractivity contribution in [2.75, 3.05) is 68.2 Å². The Balaban J connectivity index is 0.000000220. The normalized spacial score (nSPS) is 10.5. The fraction of sp³-hybridized carbons (Fsp3) is 0.291. The first-order valence-corrected chi connectivity index (χ1v) is 22.6. The minimum Gasteiger partial charge on any atom is -0.497 e. The molecule has 0 unspecified atom stereocenters. The Hall–Kier alpha value is -7.60. The van der Waals surface area contributed by atoms with Crippen LogP contribution >= 0.6 is 11.6 Å². The molecule has 15 heteroatoms. The number of rotatable bonds is 16. The van der Waals surface area contributed by atoms with E-state index in [4.69, 9.17) is 55.8 Å². The molecule has 0 aliphatic heterocycles. The van der Waals surface area contributed by atoms with Crippen LogP contribution in [-0.4, -0.2) is 82.8 Å². The number of nitrogens with two attached hydrogens (primary N) is 1. The predicted molar refractivity (Wildman–Crippen MR) is 278 cm³/mol. The van der Waals surface area contributed by atoms with E-state index < -0.39 is 0 Å². The van der Waals surface area contributed by atoms with E-state index in [-0.39, 0.29) is 16.8 Å². The Kier molecular flexibility index (Phi) is 21.5. The van der Waals surface area contributed by atoms with Crippen molar-refractivity contribution in [3.63, 3.8) is 0 Å². The standard InChI is InChI=1S/C23H27N3O3.C12H11ClN2O2.C11H17NO.C9H9NO/c1-23(2,17-9-11-18(27-3)12-10-17)15-24-21-14-20(25-22(26-21)29-5)16-7-6-8-19(13-16)28-4;1-16-9-5-3-4-8(6-9)10-7-11(13)15-12(14-10)17-2;1-11(2,8-12)9-4-6-10(13-3)7-5-9;1-11-9-4-2-8(3-5-9)6-7-10/h6-14H,15H2,1-5H3,(H,24,25,26);3-7H,1-2H3;4-7H,8,12H2,1-3H3;2-5H,6H2,1H3. The SMILES string of the molecule is COc1ccc(C(C)(C)CN)cc1.COc1ccc(C(C)(C)CNc2cc(-c3cccc(OC)c3)nc(OC)n2)cc1.COc1ccc(CC#N)cc1.COc1cccc(-c2cc(Cl)nc(OC)n2)c1. The number of methoxy groups -OCH3 is 7. The van der Waals surface area contributed by atoms with Gasteiger partial charge in [0.15, 0.2) is 0 Å². The summed E-state index contributed by atoms with van der Waals surface area (Å²) in [5.74, 6) is 4.80. The maximum atomic E-state index is 8.36. The number of benzene rings is 5. The highest BCUT2D eigenvalue weighted by atomic mass is 35.5. The van der Waals surface area contributed by atoms with Crippen LogP contribution in [0.2, 0.25) is 5.15 Å². The van der Waals surface area contributed by atoms with Gasteiger partial charge >= 0.3 is 12.0 Å². The monoisotopic (exact) mass is 969 g/mol. The molecule has 7 aromatic rings. The molecular formula is C55H64ClN7O7. The van der Waals surface area contributed by atoms with Crippen molar-refractivity contribution in [3.05, 3.63) is 155 Å². The molecule has 2 aromatic heterocycles. The second-order valence-electron chi connectivity index (χ2n) is 16.6. The van der Waals surface area contributed by atoms with E-state index in [0.29, 0.717) is 42.2 Å². The summed E-state index contributed by atoms with van der Waals surface area (Å²) in [4.78, 5) is 17.1. The highest BCUT2D eigenvalue weighted by Crippen LogP contribution is 2.30. The van der Waals surface area contributed by atoms with Crippen LogP contribution in [0, 0.1) is 11.3 Å². The van der Waals surface area contributed by atoms with Gasteiger partial charge in [-0.05, 0) is 77.4 Å². The Bertz CT molecular complexity index is 2710. The number of hydrogen-bond acceptors (Lipinski definition) is 14.